The zero-order chi connectivity index (χ0) is 15.0. The van der Waals surface area contributed by atoms with E-state index in [2.05, 4.69) is 24.8 Å². The molecule has 1 aromatic rings. The van der Waals surface area contributed by atoms with Crippen molar-refractivity contribution in [1.29, 1.82) is 0 Å². The Morgan fingerprint density at radius 2 is 2.10 bits per heavy atom. The molecule has 0 N–H and O–H groups in total. The minimum absolute atomic E-state index is 0.167. The van der Waals surface area contributed by atoms with Gasteiger partial charge in [-0.05, 0) is 42.7 Å². The molecular weight excluding hydrogens is 262 g/mol. The number of carbonyl (C=O) groups is 1. The summed E-state index contributed by atoms with van der Waals surface area (Å²) in [7, 11) is 1.70. The van der Waals surface area contributed by atoms with Crippen LogP contribution in [0.25, 0.3) is 0 Å². The van der Waals surface area contributed by atoms with Crippen LogP contribution >= 0.6 is 0 Å². The highest BCUT2D eigenvalue weighted by Crippen LogP contribution is 2.51. The number of nitrogens with zero attached hydrogens (tertiary/aromatic N) is 1. The Kier molecular flexibility index (Phi) is 3.92. The van der Waals surface area contributed by atoms with Gasteiger partial charge in [0.25, 0.3) is 0 Å². The monoisotopic (exact) mass is 287 g/mol. The predicted molar refractivity (Wildman–Crippen MR) is 83.4 cm³/mol. The van der Waals surface area contributed by atoms with Gasteiger partial charge in [-0.3, -0.25) is 4.79 Å². The second-order valence-electron chi connectivity index (χ2n) is 6.68. The fourth-order valence-corrected chi connectivity index (χ4v) is 3.76. The molecule has 1 aliphatic carbocycles. The van der Waals surface area contributed by atoms with Gasteiger partial charge in [0.15, 0.2) is 0 Å². The Bertz CT molecular complexity index is 526. The van der Waals surface area contributed by atoms with E-state index in [0.717, 1.165) is 31.6 Å². The van der Waals surface area contributed by atoms with Gasteiger partial charge in [-0.25, -0.2) is 0 Å². The summed E-state index contributed by atoms with van der Waals surface area (Å²) in [5.41, 5.74) is 1.19. The fourth-order valence-electron chi connectivity index (χ4n) is 3.76. The van der Waals surface area contributed by atoms with Crippen LogP contribution in [0.15, 0.2) is 24.3 Å². The second kappa shape index (κ2) is 5.70. The van der Waals surface area contributed by atoms with Crippen LogP contribution in [-0.2, 0) is 4.79 Å². The van der Waals surface area contributed by atoms with Crippen molar-refractivity contribution in [3.63, 3.8) is 0 Å². The number of hydrogen-bond donors (Lipinski definition) is 0. The minimum Gasteiger partial charge on any atom is -0.496 e. The number of methoxy groups -OCH3 is 1. The quantitative estimate of drug-likeness (QED) is 0.849. The molecule has 0 spiro atoms. The number of carbonyl (C=O) groups excluding carboxylic acids is 1. The van der Waals surface area contributed by atoms with Gasteiger partial charge >= 0.3 is 0 Å². The van der Waals surface area contributed by atoms with Crippen LogP contribution in [0.3, 0.4) is 0 Å². The Morgan fingerprint density at radius 1 is 1.33 bits per heavy atom. The van der Waals surface area contributed by atoms with Crippen molar-refractivity contribution in [1.82, 2.24) is 4.90 Å². The van der Waals surface area contributed by atoms with Crippen molar-refractivity contribution in [2.75, 3.05) is 13.7 Å². The maximum absolute atomic E-state index is 12.8. The summed E-state index contributed by atoms with van der Waals surface area (Å²) in [6.07, 6.45) is 3.29. The molecule has 1 saturated carbocycles. The molecule has 3 rings (SSSR count). The van der Waals surface area contributed by atoms with Crippen LogP contribution in [0.1, 0.15) is 44.6 Å². The largest absolute Gasteiger partial charge is 0.496 e. The van der Waals surface area contributed by atoms with Gasteiger partial charge in [-0.2, -0.15) is 0 Å². The van der Waals surface area contributed by atoms with Crippen LogP contribution < -0.4 is 4.74 Å². The Labute approximate surface area is 127 Å². The lowest BCUT2D eigenvalue weighted by Gasteiger charge is -2.28. The molecule has 0 bridgehead atoms. The standard InChI is InChI=1S/C18H25NO2/c1-12(2)16-8-6-10-19(16)18(20)15-11-14(15)13-7-4-5-9-17(13)21-3/h4-5,7,9,12,14-16H,6,8,10-11H2,1-3H3/t14-,15-,16+/m0/s1. The molecule has 1 amide bonds. The zero-order valence-corrected chi connectivity index (χ0v) is 13.2. The highest BCUT2D eigenvalue weighted by atomic mass is 16.5. The van der Waals surface area contributed by atoms with Crippen LogP contribution in [0.4, 0.5) is 0 Å². The molecule has 3 heteroatoms. The topological polar surface area (TPSA) is 29.5 Å². The van der Waals surface area contributed by atoms with Gasteiger partial charge in [0.05, 0.1) is 7.11 Å². The van der Waals surface area contributed by atoms with Crippen molar-refractivity contribution in [3.8, 4) is 5.75 Å². The first kappa shape index (κ1) is 14.4. The molecule has 1 heterocycles. The minimum atomic E-state index is 0.167. The average Bonchev–Trinajstić information content (AvgIpc) is 3.13. The molecule has 1 saturated heterocycles. The summed E-state index contributed by atoms with van der Waals surface area (Å²) in [6, 6.07) is 8.54. The van der Waals surface area contributed by atoms with Crippen LogP contribution in [0, 0.1) is 11.8 Å². The van der Waals surface area contributed by atoms with E-state index < -0.39 is 0 Å². The lowest BCUT2D eigenvalue weighted by atomic mass is 10.0. The Morgan fingerprint density at radius 3 is 2.81 bits per heavy atom. The first-order valence-electron chi connectivity index (χ1n) is 8.07. The Balaban J connectivity index is 1.71. The number of rotatable bonds is 4. The van der Waals surface area contributed by atoms with E-state index in [1.165, 1.54) is 5.56 Å². The first-order chi connectivity index (χ1) is 10.1. The molecule has 21 heavy (non-hydrogen) atoms. The van der Waals surface area contributed by atoms with E-state index >= 15 is 0 Å². The maximum Gasteiger partial charge on any atom is 0.226 e. The van der Waals surface area contributed by atoms with Crippen molar-refractivity contribution < 1.29 is 9.53 Å². The van der Waals surface area contributed by atoms with E-state index in [1.807, 2.05) is 18.2 Å². The first-order valence-corrected chi connectivity index (χ1v) is 8.07. The summed E-state index contributed by atoms with van der Waals surface area (Å²) >= 11 is 0. The smallest absolute Gasteiger partial charge is 0.226 e. The Hall–Kier alpha value is -1.51. The molecule has 3 nitrogen and oxygen atoms in total. The summed E-state index contributed by atoms with van der Waals surface area (Å²) < 4.78 is 5.43. The van der Waals surface area contributed by atoms with Crippen LogP contribution in [-0.4, -0.2) is 30.5 Å². The molecule has 0 radical (unpaired) electrons. The van der Waals surface area contributed by atoms with Crippen LogP contribution in [0.2, 0.25) is 0 Å². The van der Waals surface area contributed by atoms with Gasteiger partial charge in [-0.15, -0.1) is 0 Å². The number of ether oxygens (including phenoxy) is 1. The SMILES string of the molecule is COc1ccccc1[C@@H]1C[C@@H]1C(=O)N1CCC[C@@H]1C(C)C. The maximum atomic E-state index is 12.8. The zero-order valence-electron chi connectivity index (χ0n) is 13.2. The van der Waals surface area contributed by atoms with Crippen LogP contribution in [0.5, 0.6) is 5.75 Å². The third kappa shape index (κ3) is 2.66. The average molecular weight is 287 g/mol. The summed E-state index contributed by atoms with van der Waals surface area (Å²) in [6.45, 7) is 5.39. The predicted octanol–water partition coefficient (Wildman–Crippen LogP) is 3.45. The van der Waals surface area contributed by atoms with E-state index in [9.17, 15) is 4.79 Å². The van der Waals surface area contributed by atoms with E-state index in [0.29, 0.717) is 23.8 Å². The van der Waals surface area contributed by atoms with E-state index in [-0.39, 0.29) is 5.92 Å². The molecule has 114 valence electrons. The molecule has 2 aliphatic rings. The number of benzene rings is 1. The second-order valence-corrected chi connectivity index (χ2v) is 6.68. The summed E-state index contributed by atoms with van der Waals surface area (Å²) in [5, 5.41) is 0. The number of para-hydroxylation sites is 1. The summed E-state index contributed by atoms with van der Waals surface area (Å²) in [5.74, 6) is 2.35. The molecular formula is C18H25NO2. The van der Waals surface area contributed by atoms with Gasteiger partial charge < -0.3 is 9.64 Å². The molecule has 0 aromatic heterocycles. The molecule has 2 fully saturated rings. The van der Waals surface area contributed by atoms with Gasteiger partial charge in [-0.1, -0.05) is 32.0 Å². The number of likely N-dealkylation sites (tertiary alicyclic amines) is 1. The number of hydrogen-bond acceptors (Lipinski definition) is 2. The molecule has 3 atom stereocenters. The fraction of sp³-hybridized carbons (Fsp3) is 0.611. The van der Waals surface area contributed by atoms with Crippen molar-refractivity contribution in [2.24, 2.45) is 11.8 Å². The van der Waals surface area contributed by atoms with Gasteiger partial charge in [0.1, 0.15) is 5.75 Å². The third-order valence-corrected chi connectivity index (χ3v) is 5.00. The molecule has 1 aromatic carbocycles. The van der Waals surface area contributed by atoms with Crippen molar-refractivity contribution >= 4 is 5.91 Å². The lowest BCUT2D eigenvalue weighted by molar-refractivity contribution is -0.134. The lowest BCUT2D eigenvalue weighted by Crippen LogP contribution is -2.39. The highest BCUT2D eigenvalue weighted by molar-refractivity contribution is 5.83. The van der Waals surface area contributed by atoms with Crippen molar-refractivity contribution in [3.05, 3.63) is 29.8 Å². The van der Waals surface area contributed by atoms with E-state index in [4.69, 9.17) is 4.74 Å². The summed E-state index contributed by atoms with van der Waals surface area (Å²) in [4.78, 5) is 14.9. The van der Waals surface area contributed by atoms with Gasteiger partial charge in [0, 0.05) is 18.5 Å². The molecule has 1 aliphatic heterocycles. The highest BCUT2D eigenvalue weighted by Gasteiger charge is 2.48. The number of amides is 1. The van der Waals surface area contributed by atoms with Gasteiger partial charge in [0.2, 0.25) is 5.91 Å². The van der Waals surface area contributed by atoms with Crippen molar-refractivity contribution in [2.45, 2.75) is 45.1 Å². The van der Waals surface area contributed by atoms with E-state index in [1.54, 1.807) is 7.11 Å². The third-order valence-electron chi connectivity index (χ3n) is 5.00. The normalized spacial score (nSPS) is 28.0. The molecule has 0 unspecified atom stereocenters.